The minimum atomic E-state index is -1.17. The SMILES string of the molecule is C/C=C/C1=C(C(=O)O)N2C(=O)C(NC(=O)[C@H](N)c3ccc(O)cc3)[C@H]2SC1.O. The van der Waals surface area contributed by atoms with Crippen LogP contribution in [0.4, 0.5) is 0 Å². The first-order valence-electron chi connectivity index (χ1n) is 8.24. The second-order valence-electron chi connectivity index (χ2n) is 6.14. The fourth-order valence-electron chi connectivity index (χ4n) is 3.05. The molecule has 3 rings (SSSR count). The maximum absolute atomic E-state index is 12.5. The van der Waals surface area contributed by atoms with E-state index in [9.17, 15) is 24.6 Å². The third kappa shape index (κ3) is 3.75. The number of fused-ring (bicyclic) bond motifs is 1. The predicted octanol–water partition coefficient (Wildman–Crippen LogP) is -0.118. The van der Waals surface area contributed by atoms with Crippen molar-refractivity contribution in [3.63, 3.8) is 0 Å². The van der Waals surface area contributed by atoms with Gasteiger partial charge in [-0.2, -0.15) is 0 Å². The predicted molar refractivity (Wildman–Crippen MR) is 103 cm³/mol. The van der Waals surface area contributed by atoms with Crippen LogP contribution in [0.25, 0.3) is 0 Å². The normalized spacial score (nSPS) is 22.2. The van der Waals surface area contributed by atoms with Crippen molar-refractivity contribution in [2.24, 2.45) is 5.73 Å². The lowest BCUT2D eigenvalue weighted by Gasteiger charge is -2.49. The Morgan fingerprint density at radius 1 is 1.36 bits per heavy atom. The van der Waals surface area contributed by atoms with Crippen LogP contribution in [0.5, 0.6) is 5.75 Å². The van der Waals surface area contributed by atoms with E-state index in [-0.39, 0.29) is 16.9 Å². The highest BCUT2D eigenvalue weighted by atomic mass is 32.2. The van der Waals surface area contributed by atoms with Crippen LogP contribution < -0.4 is 11.1 Å². The van der Waals surface area contributed by atoms with Gasteiger partial charge in [0.2, 0.25) is 5.91 Å². The number of carbonyl (C=O) groups excluding carboxylic acids is 2. The van der Waals surface area contributed by atoms with Gasteiger partial charge < -0.3 is 26.7 Å². The first-order chi connectivity index (χ1) is 12.8. The van der Waals surface area contributed by atoms with Crippen LogP contribution in [0.1, 0.15) is 18.5 Å². The Bertz CT molecular complexity index is 851. The summed E-state index contributed by atoms with van der Waals surface area (Å²) in [6.45, 7) is 1.77. The molecule has 0 radical (unpaired) electrons. The molecule has 0 spiro atoms. The lowest BCUT2D eigenvalue weighted by molar-refractivity contribution is -0.150. The van der Waals surface area contributed by atoms with Crippen LogP contribution in [0.3, 0.4) is 0 Å². The van der Waals surface area contributed by atoms with Crippen LogP contribution in [0.15, 0.2) is 47.7 Å². The molecule has 0 bridgehead atoms. The minimum absolute atomic E-state index is 0. The molecule has 10 heteroatoms. The third-order valence-electron chi connectivity index (χ3n) is 4.40. The number of phenols is 1. The van der Waals surface area contributed by atoms with E-state index in [1.165, 1.54) is 40.9 Å². The van der Waals surface area contributed by atoms with E-state index in [4.69, 9.17) is 5.73 Å². The molecule has 1 aromatic rings. The lowest BCUT2D eigenvalue weighted by Crippen LogP contribution is -2.71. The van der Waals surface area contributed by atoms with Crippen molar-refractivity contribution in [1.29, 1.82) is 0 Å². The summed E-state index contributed by atoms with van der Waals surface area (Å²) < 4.78 is 0. The molecule has 1 fully saturated rings. The van der Waals surface area contributed by atoms with Crippen LogP contribution >= 0.6 is 11.8 Å². The van der Waals surface area contributed by atoms with Crippen LogP contribution in [-0.4, -0.2) is 55.5 Å². The Morgan fingerprint density at radius 3 is 2.57 bits per heavy atom. The number of nitrogens with zero attached hydrogens (tertiary/aromatic N) is 1. The number of hydrogen-bond donors (Lipinski definition) is 4. The molecule has 2 amide bonds. The highest BCUT2D eigenvalue weighted by Crippen LogP contribution is 2.40. The second-order valence-corrected chi connectivity index (χ2v) is 7.25. The van der Waals surface area contributed by atoms with Crippen molar-refractivity contribution >= 4 is 29.5 Å². The summed E-state index contributed by atoms with van der Waals surface area (Å²) in [6.07, 6.45) is 3.39. The minimum Gasteiger partial charge on any atom is -0.508 e. The number of thioether (sulfide) groups is 1. The van der Waals surface area contributed by atoms with Crippen LogP contribution in [-0.2, 0) is 14.4 Å². The van der Waals surface area contributed by atoms with Gasteiger partial charge in [0.1, 0.15) is 28.9 Å². The Balaban J connectivity index is 0.00000280. The average Bonchev–Trinajstić information content (AvgIpc) is 2.65. The largest absolute Gasteiger partial charge is 0.508 e. The number of allylic oxidation sites excluding steroid dienone is 2. The van der Waals surface area contributed by atoms with Gasteiger partial charge in [0.25, 0.3) is 5.91 Å². The van der Waals surface area contributed by atoms with Gasteiger partial charge in [-0.25, -0.2) is 4.79 Å². The van der Waals surface area contributed by atoms with E-state index in [0.717, 1.165) is 0 Å². The Morgan fingerprint density at radius 2 is 2.00 bits per heavy atom. The molecule has 2 heterocycles. The summed E-state index contributed by atoms with van der Waals surface area (Å²) in [6, 6.07) is 4.06. The van der Waals surface area contributed by atoms with Gasteiger partial charge in [-0.15, -0.1) is 11.8 Å². The number of rotatable bonds is 5. The number of carbonyl (C=O) groups is 3. The fourth-order valence-corrected chi connectivity index (χ4v) is 4.37. The molecule has 2 aliphatic rings. The second kappa shape index (κ2) is 8.46. The first-order valence-corrected chi connectivity index (χ1v) is 9.28. The van der Waals surface area contributed by atoms with Gasteiger partial charge >= 0.3 is 5.97 Å². The van der Waals surface area contributed by atoms with Gasteiger partial charge in [-0.1, -0.05) is 24.3 Å². The number of nitrogens with two attached hydrogens (primary N) is 1. The number of benzene rings is 1. The van der Waals surface area contributed by atoms with Gasteiger partial charge in [0.05, 0.1) is 0 Å². The molecule has 0 aliphatic carbocycles. The summed E-state index contributed by atoms with van der Waals surface area (Å²) >= 11 is 1.39. The summed E-state index contributed by atoms with van der Waals surface area (Å²) in [5.74, 6) is -1.71. The van der Waals surface area contributed by atoms with E-state index in [0.29, 0.717) is 16.9 Å². The van der Waals surface area contributed by atoms with Crippen molar-refractivity contribution in [1.82, 2.24) is 10.2 Å². The van der Waals surface area contributed by atoms with E-state index in [1.807, 2.05) is 0 Å². The zero-order valence-electron chi connectivity index (χ0n) is 15.0. The van der Waals surface area contributed by atoms with Gasteiger partial charge in [-0.3, -0.25) is 14.5 Å². The quantitative estimate of drug-likeness (QED) is 0.494. The maximum atomic E-state index is 12.5. The van der Waals surface area contributed by atoms with Crippen molar-refractivity contribution in [3.8, 4) is 5.75 Å². The molecule has 1 aromatic carbocycles. The standard InChI is InChI=1S/C18H19N3O5S.H2O/c1-2-3-10-8-27-17-13(16(24)21(17)14(10)18(25)26)20-15(23)12(19)9-4-6-11(22)7-5-9;/h2-7,12-13,17,22H,8,19H2,1H3,(H,20,23)(H,25,26);1H2/b3-2+;/t12-,13?,17-;/m1./s1. The van der Waals surface area contributed by atoms with E-state index < -0.39 is 35.2 Å². The molecule has 2 aliphatic heterocycles. The molecule has 150 valence electrons. The Hall–Kier alpha value is -2.82. The number of phenolic OH excluding ortho intramolecular Hbond substituents is 1. The van der Waals surface area contributed by atoms with Gasteiger partial charge in [0, 0.05) is 5.75 Å². The highest BCUT2D eigenvalue weighted by Gasteiger charge is 2.54. The molecule has 7 N–H and O–H groups in total. The molecule has 1 saturated heterocycles. The van der Waals surface area contributed by atoms with Gasteiger partial charge in [0.15, 0.2) is 0 Å². The highest BCUT2D eigenvalue weighted by molar-refractivity contribution is 8.00. The van der Waals surface area contributed by atoms with Crippen molar-refractivity contribution in [2.75, 3.05) is 5.75 Å². The molecule has 0 aromatic heterocycles. The molecule has 1 unspecified atom stereocenters. The summed E-state index contributed by atoms with van der Waals surface area (Å²) in [7, 11) is 0. The zero-order valence-corrected chi connectivity index (χ0v) is 15.8. The monoisotopic (exact) mass is 407 g/mol. The topological polar surface area (TPSA) is 164 Å². The number of aromatic hydroxyl groups is 1. The fraction of sp³-hybridized carbons (Fsp3) is 0.278. The first kappa shape index (κ1) is 21.5. The average molecular weight is 407 g/mol. The summed E-state index contributed by atoms with van der Waals surface area (Å²) in [5, 5.41) is 20.9. The maximum Gasteiger partial charge on any atom is 0.352 e. The zero-order chi connectivity index (χ0) is 19.7. The number of carboxylic acids is 1. The molecule has 28 heavy (non-hydrogen) atoms. The lowest BCUT2D eigenvalue weighted by atomic mass is 10.0. The molecule has 9 nitrogen and oxygen atoms in total. The van der Waals surface area contributed by atoms with Crippen LogP contribution in [0, 0.1) is 0 Å². The number of β-lactam (4-membered cyclic amide) rings is 1. The number of amides is 2. The molecule has 3 atom stereocenters. The van der Waals surface area contributed by atoms with Crippen LogP contribution in [0.2, 0.25) is 0 Å². The van der Waals surface area contributed by atoms with Crippen molar-refractivity contribution < 1.29 is 30.1 Å². The van der Waals surface area contributed by atoms with E-state index in [2.05, 4.69) is 5.32 Å². The Labute approximate surface area is 165 Å². The van der Waals surface area contributed by atoms with E-state index in [1.54, 1.807) is 19.1 Å². The molecular formula is C18H21N3O6S. The molecule has 0 saturated carbocycles. The van der Waals surface area contributed by atoms with Gasteiger partial charge in [-0.05, 0) is 30.2 Å². The number of nitrogens with one attached hydrogen (secondary N) is 1. The third-order valence-corrected chi connectivity index (χ3v) is 5.70. The number of hydrogen-bond acceptors (Lipinski definition) is 6. The summed E-state index contributed by atoms with van der Waals surface area (Å²) in [5.41, 5.74) is 6.93. The number of aliphatic carboxylic acids is 1. The Kier molecular flexibility index (Phi) is 6.49. The molecular weight excluding hydrogens is 386 g/mol. The smallest absolute Gasteiger partial charge is 0.352 e. The number of carboxylic acid groups (broad SMARTS) is 1. The summed E-state index contributed by atoms with van der Waals surface area (Å²) in [4.78, 5) is 37.7. The van der Waals surface area contributed by atoms with Crippen molar-refractivity contribution in [3.05, 3.63) is 53.3 Å². The van der Waals surface area contributed by atoms with E-state index >= 15 is 0 Å². The van der Waals surface area contributed by atoms with Crippen molar-refractivity contribution in [2.45, 2.75) is 24.4 Å².